The minimum Gasteiger partial charge on any atom is -0.480 e. The minimum absolute atomic E-state index is 0.0746. The second-order valence-electron chi connectivity index (χ2n) is 4.59. The van der Waals surface area contributed by atoms with Gasteiger partial charge in [-0.05, 0) is 25.7 Å². The Morgan fingerprint density at radius 3 is 2.35 bits per heavy atom. The quantitative estimate of drug-likeness (QED) is 0.453. The van der Waals surface area contributed by atoms with Crippen LogP contribution in [0.25, 0.3) is 0 Å². The average Bonchev–Trinajstić information content (AvgIpc) is 2.98. The summed E-state index contributed by atoms with van der Waals surface area (Å²) in [7, 11) is 0. The summed E-state index contributed by atoms with van der Waals surface area (Å²) in [5, 5.41) is 11.1. The van der Waals surface area contributed by atoms with Gasteiger partial charge in [-0.25, -0.2) is 4.79 Å². The van der Waals surface area contributed by atoms with Crippen LogP contribution in [0.4, 0.5) is 0 Å². The van der Waals surface area contributed by atoms with Crippen molar-refractivity contribution >= 4 is 17.8 Å². The third-order valence-electron chi connectivity index (χ3n) is 2.92. The number of rotatable bonds is 6. The molecule has 2 amide bonds. The zero-order valence-electron chi connectivity index (χ0n) is 9.60. The number of hydrogen-bond donors (Lipinski definition) is 4. The zero-order chi connectivity index (χ0) is 13.2. The van der Waals surface area contributed by atoms with Gasteiger partial charge in [-0.1, -0.05) is 0 Å². The van der Waals surface area contributed by atoms with E-state index in [0.717, 1.165) is 12.8 Å². The van der Waals surface area contributed by atoms with Crippen LogP contribution in [0, 0.1) is 5.92 Å². The fraction of sp³-hybridized carbons (Fsp3) is 0.700. The van der Waals surface area contributed by atoms with Gasteiger partial charge < -0.3 is 21.9 Å². The highest BCUT2D eigenvalue weighted by atomic mass is 16.4. The second-order valence-corrected chi connectivity index (χ2v) is 4.59. The number of amides is 2. The Bertz CT molecular complexity index is 349. The van der Waals surface area contributed by atoms with Gasteiger partial charge in [0.1, 0.15) is 6.04 Å². The number of hydrogen-bond acceptors (Lipinski definition) is 4. The van der Waals surface area contributed by atoms with Crippen molar-refractivity contribution in [2.24, 2.45) is 17.4 Å². The summed E-state index contributed by atoms with van der Waals surface area (Å²) in [6, 6.07) is -1.32. The topological polar surface area (TPSA) is 136 Å². The normalized spacial score (nSPS) is 20.1. The molecule has 0 saturated heterocycles. The maximum Gasteiger partial charge on any atom is 0.326 e. The van der Waals surface area contributed by atoms with Crippen LogP contribution in [-0.2, 0) is 14.4 Å². The molecule has 0 aromatic heterocycles. The molecule has 17 heavy (non-hydrogen) atoms. The Labute approximate surface area is 98.5 Å². The predicted octanol–water partition coefficient (Wildman–Crippen LogP) is -1.44. The minimum atomic E-state index is -1.32. The van der Waals surface area contributed by atoms with Crippen molar-refractivity contribution in [3.63, 3.8) is 0 Å². The van der Waals surface area contributed by atoms with Crippen molar-refractivity contribution in [2.75, 3.05) is 0 Å². The Balaban J connectivity index is 2.63. The van der Waals surface area contributed by atoms with E-state index >= 15 is 0 Å². The third kappa shape index (κ3) is 3.42. The summed E-state index contributed by atoms with van der Waals surface area (Å²) in [6.45, 7) is 1.56. The lowest BCUT2D eigenvalue weighted by Gasteiger charge is -2.25. The van der Waals surface area contributed by atoms with Crippen LogP contribution < -0.4 is 16.8 Å². The standard InChI is InChI=1S/C10H17N3O4/c1-10(12,5-2-3-5)9(17)13-6(8(15)16)4-7(11)14/h5-6H,2-4,12H2,1H3,(H2,11,14)(H,13,17)(H,15,16). The van der Waals surface area contributed by atoms with Crippen LogP contribution in [0.1, 0.15) is 26.2 Å². The molecule has 96 valence electrons. The zero-order valence-corrected chi connectivity index (χ0v) is 9.60. The number of carboxylic acid groups (broad SMARTS) is 1. The highest BCUT2D eigenvalue weighted by Crippen LogP contribution is 2.38. The fourth-order valence-electron chi connectivity index (χ4n) is 1.58. The summed E-state index contributed by atoms with van der Waals surface area (Å²) in [5.41, 5.74) is 9.63. The van der Waals surface area contributed by atoms with Crippen LogP contribution in [0.2, 0.25) is 0 Å². The lowest BCUT2D eigenvalue weighted by atomic mass is 9.95. The first-order chi connectivity index (χ1) is 7.75. The van der Waals surface area contributed by atoms with E-state index < -0.39 is 35.8 Å². The third-order valence-corrected chi connectivity index (χ3v) is 2.92. The van der Waals surface area contributed by atoms with Gasteiger partial charge in [0.15, 0.2) is 0 Å². The highest BCUT2D eigenvalue weighted by Gasteiger charge is 2.45. The molecule has 0 aromatic rings. The van der Waals surface area contributed by atoms with Crippen molar-refractivity contribution in [2.45, 2.75) is 37.8 Å². The fourth-order valence-corrected chi connectivity index (χ4v) is 1.58. The number of carboxylic acids is 1. The molecule has 0 aromatic carbocycles. The van der Waals surface area contributed by atoms with Crippen molar-refractivity contribution < 1.29 is 19.5 Å². The maximum atomic E-state index is 11.8. The highest BCUT2D eigenvalue weighted by molar-refractivity contribution is 5.92. The summed E-state index contributed by atoms with van der Waals surface area (Å²) in [4.78, 5) is 33.3. The Morgan fingerprint density at radius 2 is 2.00 bits per heavy atom. The van der Waals surface area contributed by atoms with Crippen LogP contribution in [-0.4, -0.2) is 34.5 Å². The number of nitrogens with two attached hydrogens (primary N) is 2. The summed E-state index contributed by atoms with van der Waals surface area (Å²) < 4.78 is 0. The molecule has 0 spiro atoms. The molecule has 1 saturated carbocycles. The molecule has 0 aliphatic heterocycles. The van der Waals surface area contributed by atoms with Crippen LogP contribution in [0.3, 0.4) is 0 Å². The average molecular weight is 243 g/mol. The molecule has 1 rings (SSSR count). The lowest BCUT2D eigenvalue weighted by molar-refractivity contribution is -0.144. The number of carbonyl (C=O) groups is 3. The van der Waals surface area contributed by atoms with E-state index in [2.05, 4.69) is 5.32 Å². The molecule has 7 heteroatoms. The van der Waals surface area contributed by atoms with Gasteiger partial charge in [0.25, 0.3) is 0 Å². The van der Waals surface area contributed by atoms with Crippen molar-refractivity contribution in [1.82, 2.24) is 5.32 Å². The molecular formula is C10H17N3O4. The van der Waals surface area contributed by atoms with Gasteiger partial charge in [0.05, 0.1) is 12.0 Å². The van der Waals surface area contributed by atoms with Crippen molar-refractivity contribution in [1.29, 1.82) is 0 Å². The number of aliphatic carboxylic acids is 1. The molecule has 2 atom stereocenters. The van der Waals surface area contributed by atoms with Crippen LogP contribution >= 0.6 is 0 Å². The Hall–Kier alpha value is -1.63. The lowest BCUT2D eigenvalue weighted by Crippen LogP contribution is -2.57. The van der Waals surface area contributed by atoms with Gasteiger partial charge in [-0.2, -0.15) is 0 Å². The van der Waals surface area contributed by atoms with E-state index in [9.17, 15) is 14.4 Å². The molecule has 2 unspecified atom stereocenters. The molecule has 7 nitrogen and oxygen atoms in total. The van der Waals surface area contributed by atoms with Crippen LogP contribution in [0.15, 0.2) is 0 Å². The largest absolute Gasteiger partial charge is 0.480 e. The van der Waals surface area contributed by atoms with E-state index in [-0.39, 0.29) is 5.92 Å². The van der Waals surface area contributed by atoms with E-state index in [1.165, 1.54) is 0 Å². The molecule has 0 heterocycles. The first kappa shape index (κ1) is 13.4. The van der Waals surface area contributed by atoms with Gasteiger partial charge in [0.2, 0.25) is 11.8 Å². The molecule has 1 aliphatic carbocycles. The van der Waals surface area contributed by atoms with E-state index in [0.29, 0.717) is 0 Å². The summed E-state index contributed by atoms with van der Waals surface area (Å²) in [6.07, 6.45) is 1.27. The second kappa shape index (κ2) is 4.70. The molecule has 1 fully saturated rings. The first-order valence-corrected chi connectivity index (χ1v) is 5.36. The molecule has 0 bridgehead atoms. The number of primary amides is 1. The van der Waals surface area contributed by atoms with Gasteiger partial charge >= 0.3 is 5.97 Å². The molecular weight excluding hydrogens is 226 g/mol. The van der Waals surface area contributed by atoms with E-state index in [1.54, 1.807) is 6.92 Å². The predicted molar refractivity (Wildman–Crippen MR) is 58.7 cm³/mol. The van der Waals surface area contributed by atoms with Gasteiger partial charge in [-0.3, -0.25) is 9.59 Å². The van der Waals surface area contributed by atoms with Crippen LogP contribution in [0.5, 0.6) is 0 Å². The molecule has 0 radical (unpaired) electrons. The van der Waals surface area contributed by atoms with Crippen molar-refractivity contribution in [3.8, 4) is 0 Å². The molecule has 6 N–H and O–H groups in total. The van der Waals surface area contributed by atoms with Gasteiger partial charge in [-0.15, -0.1) is 0 Å². The summed E-state index contributed by atoms with van der Waals surface area (Å²) in [5.74, 6) is -2.58. The SMILES string of the molecule is CC(N)(C(=O)NC(CC(N)=O)C(=O)O)C1CC1. The van der Waals surface area contributed by atoms with Gasteiger partial charge in [0, 0.05) is 0 Å². The monoisotopic (exact) mass is 243 g/mol. The smallest absolute Gasteiger partial charge is 0.326 e. The Morgan fingerprint density at radius 1 is 1.47 bits per heavy atom. The summed E-state index contributed by atoms with van der Waals surface area (Å²) >= 11 is 0. The molecule has 1 aliphatic rings. The van der Waals surface area contributed by atoms with Crippen molar-refractivity contribution in [3.05, 3.63) is 0 Å². The maximum absolute atomic E-state index is 11.8. The Kier molecular flexibility index (Phi) is 3.72. The van der Waals surface area contributed by atoms with E-state index in [1.807, 2.05) is 0 Å². The van der Waals surface area contributed by atoms with E-state index in [4.69, 9.17) is 16.6 Å². The number of nitrogens with one attached hydrogen (secondary N) is 1. The first-order valence-electron chi connectivity index (χ1n) is 5.36. The number of carbonyl (C=O) groups excluding carboxylic acids is 2.